The summed E-state index contributed by atoms with van der Waals surface area (Å²) in [6.45, 7) is 4.43. The molecule has 0 aliphatic carbocycles. The standard InChI is InChI=1S/C22H22/c1-3-5-18-22-20(4-2)16-11-17-21(22)15-10-9-14-19-12-7-6-8-13-19/h6-8,11-13,16-17H,3-5,18H2,1-2H3. The predicted molar refractivity (Wildman–Crippen MR) is 94.6 cm³/mol. The van der Waals surface area contributed by atoms with Crippen LogP contribution in [-0.4, -0.2) is 0 Å². The van der Waals surface area contributed by atoms with Gasteiger partial charge in [0.15, 0.2) is 0 Å². The highest BCUT2D eigenvalue weighted by molar-refractivity contribution is 5.49. The van der Waals surface area contributed by atoms with Crippen LogP contribution in [0.15, 0.2) is 48.5 Å². The average molecular weight is 286 g/mol. The minimum atomic E-state index is 1.00. The average Bonchev–Trinajstić information content (AvgIpc) is 2.58. The largest absolute Gasteiger partial charge is 0.0654 e. The molecule has 0 aliphatic rings. The Balaban J connectivity index is 2.23. The molecular formula is C22H22. The zero-order chi connectivity index (χ0) is 15.6. The molecule has 0 aliphatic heterocycles. The van der Waals surface area contributed by atoms with Crippen molar-refractivity contribution in [3.63, 3.8) is 0 Å². The van der Waals surface area contributed by atoms with Gasteiger partial charge in [-0.3, -0.25) is 0 Å². The van der Waals surface area contributed by atoms with E-state index >= 15 is 0 Å². The number of hydrogen-bond donors (Lipinski definition) is 0. The minimum Gasteiger partial charge on any atom is -0.0654 e. The van der Waals surface area contributed by atoms with Crippen molar-refractivity contribution in [3.8, 4) is 23.7 Å². The van der Waals surface area contributed by atoms with Gasteiger partial charge >= 0.3 is 0 Å². The molecule has 2 rings (SSSR count). The molecule has 0 unspecified atom stereocenters. The maximum absolute atomic E-state index is 3.24. The summed E-state index contributed by atoms with van der Waals surface area (Å²) in [6, 6.07) is 16.4. The molecule has 0 bridgehead atoms. The van der Waals surface area contributed by atoms with Crippen LogP contribution in [0.3, 0.4) is 0 Å². The molecule has 0 amide bonds. The van der Waals surface area contributed by atoms with Crippen molar-refractivity contribution in [2.75, 3.05) is 0 Å². The molecule has 22 heavy (non-hydrogen) atoms. The fourth-order valence-corrected chi connectivity index (χ4v) is 2.46. The highest BCUT2D eigenvalue weighted by atomic mass is 14.1. The first kappa shape index (κ1) is 15.9. The molecule has 2 aromatic rings. The van der Waals surface area contributed by atoms with E-state index in [1.807, 2.05) is 30.3 Å². The zero-order valence-corrected chi connectivity index (χ0v) is 13.4. The summed E-state index contributed by atoms with van der Waals surface area (Å²) in [5.74, 6) is 12.3. The van der Waals surface area contributed by atoms with Gasteiger partial charge in [-0.05, 0) is 60.4 Å². The molecule has 0 saturated heterocycles. The van der Waals surface area contributed by atoms with Gasteiger partial charge < -0.3 is 0 Å². The van der Waals surface area contributed by atoms with Crippen LogP contribution in [0.25, 0.3) is 0 Å². The van der Waals surface area contributed by atoms with Gasteiger partial charge in [-0.25, -0.2) is 0 Å². The molecule has 0 aromatic heterocycles. The third-order valence-corrected chi connectivity index (χ3v) is 3.67. The second-order valence-corrected chi connectivity index (χ2v) is 5.27. The van der Waals surface area contributed by atoms with Crippen LogP contribution < -0.4 is 0 Å². The van der Waals surface area contributed by atoms with Gasteiger partial charge in [0.05, 0.1) is 0 Å². The molecule has 0 spiro atoms. The number of benzene rings is 2. The van der Waals surface area contributed by atoms with Crippen molar-refractivity contribution in [1.82, 2.24) is 0 Å². The fourth-order valence-electron chi connectivity index (χ4n) is 2.46. The van der Waals surface area contributed by atoms with Crippen molar-refractivity contribution >= 4 is 0 Å². The molecule has 0 heterocycles. The second kappa shape index (κ2) is 8.76. The summed E-state index contributed by atoms with van der Waals surface area (Å²) in [5, 5.41) is 0. The van der Waals surface area contributed by atoms with E-state index in [0.717, 1.165) is 24.0 Å². The van der Waals surface area contributed by atoms with Crippen molar-refractivity contribution < 1.29 is 0 Å². The summed E-state index contributed by atoms with van der Waals surface area (Å²) in [5.41, 5.74) is 4.96. The Hall–Kier alpha value is -2.44. The maximum atomic E-state index is 3.24. The number of rotatable bonds is 4. The van der Waals surface area contributed by atoms with Crippen LogP contribution in [0.5, 0.6) is 0 Å². The summed E-state index contributed by atoms with van der Waals surface area (Å²) in [4.78, 5) is 0. The van der Waals surface area contributed by atoms with Crippen LogP contribution in [0.4, 0.5) is 0 Å². The summed E-state index contributed by atoms with van der Waals surface area (Å²) in [7, 11) is 0. The van der Waals surface area contributed by atoms with Gasteiger partial charge in [-0.2, -0.15) is 0 Å². The summed E-state index contributed by atoms with van der Waals surface area (Å²) < 4.78 is 0. The number of hydrogen-bond acceptors (Lipinski definition) is 0. The summed E-state index contributed by atoms with van der Waals surface area (Å²) >= 11 is 0. The van der Waals surface area contributed by atoms with E-state index in [1.54, 1.807) is 0 Å². The van der Waals surface area contributed by atoms with Crippen LogP contribution in [-0.2, 0) is 12.8 Å². The molecule has 0 saturated carbocycles. The molecule has 2 aromatic carbocycles. The van der Waals surface area contributed by atoms with E-state index in [-0.39, 0.29) is 0 Å². The van der Waals surface area contributed by atoms with E-state index in [4.69, 9.17) is 0 Å². The lowest BCUT2D eigenvalue weighted by molar-refractivity contribution is 0.786. The van der Waals surface area contributed by atoms with Crippen LogP contribution in [0.2, 0.25) is 0 Å². The van der Waals surface area contributed by atoms with E-state index in [1.165, 1.54) is 24.0 Å². The van der Waals surface area contributed by atoms with Gasteiger partial charge in [-0.15, -0.1) is 0 Å². The van der Waals surface area contributed by atoms with Gasteiger partial charge in [-0.1, -0.05) is 62.4 Å². The van der Waals surface area contributed by atoms with Gasteiger partial charge in [0.1, 0.15) is 0 Å². The summed E-state index contributed by atoms with van der Waals surface area (Å²) in [6.07, 6.45) is 4.58. The van der Waals surface area contributed by atoms with E-state index in [0.29, 0.717) is 0 Å². The normalized spacial score (nSPS) is 9.36. The molecule has 0 radical (unpaired) electrons. The molecular weight excluding hydrogens is 264 g/mol. The lowest BCUT2D eigenvalue weighted by atomic mass is 9.95. The van der Waals surface area contributed by atoms with Crippen LogP contribution in [0, 0.1) is 23.7 Å². The van der Waals surface area contributed by atoms with Gasteiger partial charge in [0.2, 0.25) is 0 Å². The number of aryl methyl sites for hydroxylation is 1. The zero-order valence-electron chi connectivity index (χ0n) is 13.4. The smallest absolute Gasteiger partial charge is 0.0290 e. The third-order valence-electron chi connectivity index (χ3n) is 3.67. The first-order valence-electron chi connectivity index (χ1n) is 8.03. The Morgan fingerprint density at radius 1 is 0.818 bits per heavy atom. The van der Waals surface area contributed by atoms with Crippen LogP contribution in [0.1, 0.15) is 48.9 Å². The predicted octanol–water partition coefficient (Wildman–Crippen LogP) is 4.99. The molecule has 110 valence electrons. The topological polar surface area (TPSA) is 0 Å². The van der Waals surface area contributed by atoms with E-state index in [2.05, 4.69) is 55.7 Å². The molecule has 0 fully saturated rings. The molecule has 0 N–H and O–H groups in total. The first-order chi connectivity index (χ1) is 10.8. The van der Waals surface area contributed by atoms with Crippen molar-refractivity contribution in [1.29, 1.82) is 0 Å². The SMILES string of the molecule is CCCCc1c(C#CC#Cc2ccccc2)cccc1CC. The van der Waals surface area contributed by atoms with Crippen LogP contribution >= 0.6 is 0 Å². The Labute approximate surface area is 134 Å². The second-order valence-electron chi connectivity index (χ2n) is 5.27. The van der Waals surface area contributed by atoms with Crippen molar-refractivity contribution in [2.24, 2.45) is 0 Å². The maximum Gasteiger partial charge on any atom is 0.0290 e. The van der Waals surface area contributed by atoms with E-state index < -0.39 is 0 Å². The quantitative estimate of drug-likeness (QED) is 0.694. The minimum absolute atomic E-state index is 1.00. The fraction of sp³-hybridized carbons (Fsp3) is 0.273. The third kappa shape index (κ3) is 4.54. The van der Waals surface area contributed by atoms with Gasteiger partial charge in [0, 0.05) is 11.1 Å². The van der Waals surface area contributed by atoms with E-state index in [9.17, 15) is 0 Å². The Morgan fingerprint density at radius 2 is 1.59 bits per heavy atom. The lowest BCUT2D eigenvalue weighted by Crippen LogP contribution is -1.97. The highest BCUT2D eigenvalue weighted by Crippen LogP contribution is 2.17. The van der Waals surface area contributed by atoms with Crippen molar-refractivity contribution in [2.45, 2.75) is 39.5 Å². The molecule has 0 nitrogen and oxygen atoms in total. The first-order valence-corrected chi connectivity index (χ1v) is 8.03. The molecule has 0 atom stereocenters. The monoisotopic (exact) mass is 286 g/mol. The Morgan fingerprint density at radius 3 is 2.32 bits per heavy atom. The lowest BCUT2D eigenvalue weighted by Gasteiger charge is -2.09. The molecule has 0 heteroatoms. The van der Waals surface area contributed by atoms with Gasteiger partial charge in [0.25, 0.3) is 0 Å². The number of unbranched alkanes of at least 4 members (excludes halogenated alkanes) is 1. The Kier molecular flexibility index (Phi) is 6.35. The highest BCUT2D eigenvalue weighted by Gasteiger charge is 2.04. The Bertz CT molecular complexity index is 715. The van der Waals surface area contributed by atoms with Crippen molar-refractivity contribution in [3.05, 3.63) is 70.8 Å².